The number of aryl methyl sites for hydroxylation is 1. The van der Waals surface area contributed by atoms with Crippen LogP contribution < -0.4 is 10.2 Å². The molecular formula is C23H34N8O. The summed E-state index contributed by atoms with van der Waals surface area (Å²) in [7, 11) is 6.00. The minimum absolute atomic E-state index is 0.104. The van der Waals surface area contributed by atoms with Crippen LogP contribution in [0.2, 0.25) is 0 Å². The number of nitrogens with one attached hydrogen (secondary N) is 1. The number of nitrogens with zero attached hydrogens (tertiary/aromatic N) is 7. The summed E-state index contributed by atoms with van der Waals surface area (Å²) in [5, 5.41) is 3.34. The van der Waals surface area contributed by atoms with E-state index in [0.29, 0.717) is 6.04 Å². The Morgan fingerprint density at radius 1 is 1.16 bits per heavy atom. The monoisotopic (exact) mass is 438 g/mol. The van der Waals surface area contributed by atoms with Crippen LogP contribution in [0, 0.1) is 6.92 Å². The van der Waals surface area contributed by atoms with Crippen LogP contribution in [0.15, 0.2) is 24.5 Å². The standard InChI is InChI=1S/C23H34N8O/c1-16(2)31-17(3)26-18-14-25-21(13-19(18)31)27-20-7-10-24-22(28-20)30-11-8-23(32-6,9-12-30)15-29(4)5/h7,10,13-14,16H,8-9,11-12,15H2,1-6H3,(H,24,25,27,28). The van der Waals surface area contributed by atoms with Crippen LogP contribution in [0.1, 0.15) is 38.6 Å². The number of piperidine rings is 1. The molecule has 4 rings (SSSR count). The number of rotatable bonds is 7. The summed E-state index contributed by atoms with van der Waals surface area (Å²) in [5.74, 6) is 3.19. The van der Waals surface area contributed by atoms with Crippen molar-refractivity contribution in [2.45, 2.75) is 45.3 Å². The summed E-state index contributed by atoms with van der Waals surface area (Å²) >= 11 is 0. The van der Waals surface area contributed by atoms with Crippen molar-refractivity contribution in [3.63, 3.8) is 0 Å². The number of fused-ring (bicyclic) bond motifs is 1. The lowest BCUT2D eigenvalue weighted by molar-refractivity contribution is -0.0456. The van der Waals surface area contributed by atoms with Crippen LogP contribution in [-0.4, -0.2) is 75.8 Å². The van der Waals surface area contributed by atoms with Crippen molar-refractivity contribution in [2.24, 2.45) is 0 Å². The van der Waals surface area contributed by atoms with E-state index in [2.05, 4.69) is 62.6 Å². The van der Waals surface area contributed by atoms with Gasteiger partial charge in [-0.15, -0.1) is 0 Å². The molecule has 0 aromatic carbocycles. The highest BCUT2D eigenvalue weighted by Crippen LogP contribution is 2.29. The van der Waals surface area contributed by atoms with Crippen molar-refractivity contribution in [3.05, 3.63) is 30.4 Å². The SMILES string of the molecule is COC1(CN(C)C)CCN(c2nccc(Nc3cc4c(cn3)nc(C)n4C(C)C)n2)CC1. The Balaban J connectivity index is 1.50. The Hall–Kier alpha value is -2.78. The maximum atomic E-state index is 5.90. The van der Waals surface area contributed by atoms with Crippen molar-refractivity contribution >= 4 is 28.6 Å². The molecule has 1 saturated heterocycles. The number of ether oxygens (including phenoxy) is 1. The maximum absolute atomic E-state index is 5.90. The highest BCUT2D eigenvalue weighted by molar-refractivity contribution is 5.79. The summed E-state index contributed by atoms with van der Waals surface area (Å²) in [6.45, 7) is 8.99. The molecular weight excluding hydrogens is 404 g/mol. The van der Waals surface area contributed by atoms with Gasteiger partial charge < -0.3 is 24.4 Å². The van der Waals surface area contributed by atoms with Gasteiger partial charge in [-0.1, -0.05) is 0 Å². The van der Waals surface area contributed by atoms with Crippen LogP contribution in [0.4, 0.5) is 17.6 Å². The molecule has 3 aromatic heterocycles. The number of anilines is 3. The molecule has 0 amide bonds. The zero-order valence-electron chi connectivity index (χ0n) is 20.0. The molecule has 1 aliphatic rings. The molecule has 0 aliphatic carbocycles. The van der Waals surface area contributed by atoms with Gasteiger partial charge in [0.25, 0.3) is 0 Å². The van der Waals surface area contributed by atoms with Gasteiger partial charge >= 0.3 is 0 Å². The number of aromatic nitrogens is 5. The molecule has 0 spiro atoms. The fourth-order valence-electron chi connectivity index (χ4n) is 4.66. The van der Waals surface area contributed by atoms with E-state index in [1.54, 1.807) is 6.20 Å². The molecule has 9 heteroatoms. The fraction of sp³-hybridized carbons (Fsp3) is 0.565. The van der Waals surface area contributed by atoms with Gasteiger partial charge in [-0.2, -0.15) is 4.98 Å². The summed E-state index contributed by atoms with van der Waals surface area (Å²) < 4.78 is 8.12. The number of hydrogen-bond donors (Lipinski definition) is 1. The summed E-state index contributed by atoms with van der Waals surface area (Å²) in [5.41, 5.74) is 1.86. The number of methoxy groups -OCH3 is 1. The average Bonchev–Trinajstić information content (AvgIpc) is 3.09. The molecule has 1 fully saturated rings. The van der Waals surface area contributed by atoms with Crippen LogP contribution in [0.25, 0.3) is 11.0 Å². The summed E-state index contributed by atoms with van der Waals surface area (Å²) in [6, 6.07) is 4.23. The molecule has 32 heavy (non-hydrogen) atoms. The number of pyridine rings is 1. The molecule has 0 radical (unpaired) electrons. The van der Waals surface area contributed by atoms with Crippen molar-refractivity contribution in [2.75, 3.05) is 51.1 Å². The van der Waals surface area contributed by atoms with Gasteiger partial charge in [-0.3, -0.25) is 0 Å². The van der Waals surface area contributed by atoms with Crippen LogP contribution in [-0.2, 0) is 4.74 Å². The second-order valence-corrected chi connectivity index (χ2v) is 9.16. The van der Waals surface area contributed by atoms with Gasteiger partial charge in [0, 0.05) is 45.0 Å². The minimum Gasteiger partial charge on any atom is -0.377 e. The molecule has 0 bridgehead atoms. The number of hydrogen-bond acceptors (Lipinski definition) is 8. The van der Waals surface area contributed by atoms with Crippen LogP contribution in [0.3, 0.4) is 0 Å². The summed E-state index contributed by atoms with van der Waals surface area (Å²) in [6.07, 6.45) is 5.49. The van der Waals surface area contributed by atoms with Crippen molar-refractivity contribution < 1.29 is 4.74 Å². The Bertz CT molecular complexity index is 1070. The van der Waals surface area contributed by atoms with E-state index in [9.17, 15) is 0 Å². The van der Waals surface area contributed by atoms with Crippen molar-refractivity contribution in [1.29, 1.82) is 0 Å². The zero-order valence-corrected chi connectivity index (χ0v) is 20.0. The van der Waals surface area contributed by atoms with E-state index in [1.807, 2.05) is 32.4 Å². The second kappa shape index (κ2) is 8.99. The van der Waals surface area contributed by atoms with Crippen LogP contribution >= 0.6 is 0 Å². The maximum Gasteiger partial charge on any atom is 0.227 e. The summed E-state index contributed by atoms with van der Waals surface area (Å²) in [4.78, 5) is 22.9. The average molecular weight is 439 g/mol. The molecule has 172 valence electrons. The van der Waals surface area contributed by atoms with E-state index in [0.717, 1.165) is 66.9 Å². The molecule has 0 unspecified atom stereocenters. The minimum atomic E-state index is -0.104. The lowest BCUT2D eigenvalue weighted by atomic mass is 9.90. The largest absolute Gasteiger partial charge is 0.377 e. The first-order valence-corrected chi connectivity index (χ1v) is 11.2. The third-order valence-electron chi connectivity index (χ3n) is 6.16. The predicted molar refractivity (Wildman–Crippen MR) is 128 cm³/mol. The van der Waals surface area contributed by atoms with E-state index in [4.69, 9.17) is 9.72 Å². The molecule has 9 nitrogen and oxygen atoms in total. The number of likely N-dealkylation sites (N-methyl/N-ethyl adjacent to an activating group) is 1. The molecule has 1 aliphatic heterocycles. The smallest absolute Gasteiger partial charge is 0.227 e. The van der Waals surface area contributed by atoms with Gasteiger partial charge in [0.15, 0.2) is 0 Å². The van der Waals surface area contributed by atoms with Gasteiger partial charge in [-0.05, 0) is 53.8 Å². The first-order valence-electron chi connectivity index (χ1n) is 11.2. The third kappa shape index (κ3) is 4.54. The van der Waals surface area contributed by atoms with Gasteiger partial charge in [0.1, 0.15) is 23.0 Å². The van der Waals surface area contributed by atoms with E-state index >= 15 is 0 Å². The lowest BCUT2D eigenvalue weighted by Crippen LogP contribution is -2.51. The molecule has 0 atom stereocenters. The molecule has 4 heterocycles. The fourth-order valence-corrected chi connectivity index (χ4v) is 4.66. The zero-order chi connectivity index (χ0) is 22.9. The predicted octanol–water partition coefficient (Wildman–Crippen LogP) is 3.40. The lowest BCUT2D eigenvalue weighted by Gasteiger charge is -2.42. The topological polar surface area (TPSA) is 84.2 Å². The first kappa shape index (κ1) is 22.4. The molecule has 1 N–H and O–H groups in total. The van der Waals surface area contributed by atoms with E-state index in [1.165, 1.54) is 0 Å². The quantitative estimate of drug-likeness (QED) is 0.601. The van der Waals surface area contributed by atoms with Crippen molar-refractivity contribution in [3.8, 4) is 0 Å². The van der Waals surface area contributed by atoms with Crippen molar-refractivity contribution in [1.82, 2.24) is 29.4 Å². The second-order valence-electron chi connectivity index (χ2n) is 9.16. The van der Waals surface area contributed by atoms with Crippen LogP contribution in [0.5, 0.6) is 0 Å². The Morgan fingerprint density at radius 2 is 1.91 bits per heavy atom. The van der Waals surface area contributed by atoms with E-state index in [-0.39, 0.29) is 5.60 Å². The molecule has 3 aromatic rings. The highest BCUT2D eigenvalue weighted by atomic mass is 16.5. The molecule has 0 saturated carbocycles. The third-order valence-corrected chi connectivity index (χ3v) is 6.16. The normalized spacial score (nSPS) is 16.3. The Kier molecular flexibility index (Phi) is 6.30. The Labute approximate surface area is 189 Å². The van der Waals surface area contributed by atoms with E-state index < -0.39 is 0 Å². The highest BCUT2D eigenvalue weighted by Gasteiger charge is 2.35. The van der Waals surface area contributed by atoms with Gasteiger partial charge in [0.2, 0.25) is 5.95 Å². The van der Waals surface area contributed by atoms with Gasteiger partial charge in [0.05, 0.1) is 17.3 Å². The first-order chi connectivity index (χ1) is 15.3. The number of imidazole rings is 1. The Morgan fingerprint density at radius 3 is 2.56 bits per heavy atom. The van der Waals surface area contributed by atoms with Gasteiger partial charge in [-0.25, -0.2) is 15.0 Å².